The van der Waals surface area contributed by atoms with Crippen LogP contribution >= 0.6 is 0 Å². The molecule has 0 N–H and O–H groups in total. The second kappa shape index (κ2) is 3.73. The van der Waals surface area contributed by atoms with E-state index in [-0.39, 0.29) is 5.54 Å². The molecule has 0 aromatic carbocycles. The zero-order valence-electron chi connectivity index (χ0n) is 13.4. The molecule has 3 nitrogen and oxygen atoms in total. The van der Waals surface area contributed by atoms with Gasteiger partial charge in [0.2, 0.25) is 0 Å². The number of hydrogen-bond acceptors (Lipinski definition) is 3. The average molecular weight is 263 g/mol. The molecule has 2 fully saturated rings. The standard InChI is InChI=1S/C16H29N3/c1-7-9-12(8-2)16-13(19(6)18-17-16)15(16)10-11(3)14(15,4)5/h11-13H,7-10H2,1-6H3. The summed E-state index contributed by atoms with van der Waals surface area (Å²) >= 11 is 0. The number of fused-ring (bicyclic) bond motifs is 3. The van der Waals surface area contributed by atoms with E-state index in [0.717, 1.165) is 5.92 Å². The van der Waals surface area contributed by atoms with E-state index in [1.54, 1.807) is 0 Å². The van der Waals surface area contributed by atoms with Gasteiger partial charge in [-0.2, -0.15) is 5.11 Å². The first-order valence-electron chi connectivity index (χ1n) is 8.05. The first kappa shape index (κ1) is 13.4. The highest BCUT2D eigenvalue weighted by Gasteiger charge is 2.91. The molecule has 0 amide bonds. The Morgan fingerprint density at radius 3 is 2.47 bits per heavy atom. The summed E-state index contributed by atoms with van der Waals surface area (Å²) in [6, 6.07) is 0.572. The highest BCUT2D eigenvalue weighted by Crippen LogP contribution is 2.84. The Kier molecular flexibility index (Phi) is 2.63. The van der Waals surface area contributed by atoms with Crippen LogP contribution in [-0.2, 0) is 0 Å². The van der Waals surface area contributed by atoms with Crippen molar-refractivity contribution >= 4 is 0 Å². The van der Waals surface area contributed by atoms with Gasteiger partial charge in [0.15, 0.2) is 0 Å². The van der Waals surface area contributed by atoms with Crippen molar-refractivity contribution in [3.63, 3.8) is 0 Å². The lowest BCUT2D eigenvalue weighted by Crippen LogP contribution is -2.52. The van der Waals surface area contributed by atoms with Crippen molar-refractivity contribution in [1.82, 2.24) is 5.01 Å². The molecule has 0 bridgehead atoms. The third-order valence-electron chi connectivity index (χ3n) is 7.00. The summed E-state index contributed by atoms with van der Waals surface area (Å²) < 4.78 is 0. The molecule has 19 heavy (non-hydrogen) atoms. The lowest BCUT2D eigenvalue weighted by molar-refractivity contribution is -0.0743. The fourth-order valence-corrected chi connectivity index (χ4v) is 5.67. The minimum atomic E-state index is 0.141. The van der Waals surface area contributed by atoms with Crippen molar-refractivity contribution in [2.45, 2.75) is 71.9 Å². The molecular formula is C16H29N3. The molecule has 1 spiro atoms. The van der Waals surface area contributed by atoms with Gasteiger partial charge in [0, 0.05) is 12.5 Å². The molecule has 1 heterocycles. The first-order chi connectivity index (χ1) is 8.90. The van der Waals surface area contributed by atoms with Crippen molar-refractivity contribution < 1.29 is 0 Å². The lowest BCUT2D eigenvalue weighted by Gasteiger charge is -2.55. The molecule has 1 aliphatic heterocycles. The van der Waals surface area contributed by atoms with E-state index in [0.29, 0.717) is 22.8 Å². The molecule has 5 atom stereocenters. The van der Waals surface area contributed by atoms with Crippen LogP contribution in [0.25, 0.3) is 0 Å². The van der Waals surface area contributed by atoms with Crippen molar-refractivity contribution in [3.8, 4) is 0 Å². The second-order valence-corrected chi connectivity index (χ2v) is 7.68. The summed E-state index contributed by atoms with van der Waals surface area (Å²) in [5.74, 6) is 1.53. The van der Waals surface area contributed by atoms with Gasteiger partial charge in [0.1, 0.15) is 5.54 Å². The summed E-state index contributed by atoms with van der Waals surface area (Å²) in [5.41, 5.74) is 0.959. The van der Waals surface area contributed by atoms with Crippen LogP contribution in [0.2, 0.25) is 0 Å². The molecule has 0 aromatic rings. The average Bonchev–Trinajstić information content (AvgIpc) is 2.85. The lowest BCUT2D eigenvalue weighted by atomic mass is 9.50. The summed E-state index contributed by atoms with van der Waals surface area (Å²) in [6.45, 7) is 12.0. The zero-order chi connectivity index (χ0) is 14.1. The van der Waals surface area contributed by atoms with Crippen LogP contribution < -0.4 is 0 Å². The van der Waals surface area contributed by atoms with E-state index in [4.69, 9.17) is 5.11 Å². The normalized spacial score (nSPS) is 47.2. The minimum absolute atomic E-state index is 0.141. The number of likely N-dealkylation sites (N-methyl/N-ethyl adjacent to an activating group) is 1. The van der Waals surface area contributed by atoms with Crippen molar-refractivity contribution in [2.75, 3.05) is 7.05 Å². The fraction of sp³-hybridized carbons (Fsp3) is 1.00. The maximum atomic E-state index is 4.87. The Morgan fingerprint density at radius 2 is 2.00 bits per heavy atom. The quantitative estimate of drug-likeness (QED) is 0.743. The maximum Gasteiger partial charge on any atom is 0.117 e. The Labute approximate surface area is 117 Å². The van der Waals surface area contributed by atoms with Gasteiger partial charge in [-0.15, -0.1) is 0 Å². The number of nitrogens with zero attached hydrogens (tertiary/aromatic N) is 3. The van der Waals surface area contributed by atoms with E-state index in [2.05, 4.69) is 51.9 Å². The molecule has 2 aliphatic carbocycles. The molecule has 2 saturated carbocycles. The van der Waals surface area contributed by atoms with E-state index < -0.39 is 0 Å². The number of rotatable bonds is 4. The largest absolute Gasteiger partial charge is 0.276 e. The van der Waals surface area contributed by atoms with Crippen molar-refractivity contribution in [3.05, 3.63) is 0 Å². The summed E-state index contributed by atoms with van der Waals surface area (Å²) in [4.78, 5) is 0. The van der Waals surface area contributed by atoms with E-state index >= 15 is 0 Å². The van der Waals surface area contributed by atoms with Crippen LogP contribution in [0.1, 0.15) is 60.3 Å². The summed E-state index contributed by atoms with van der Waals surface area (Å²) in [5, 5.41) is 11.5. The van der Waals surface area contributed by atoms with E-state index in [1.165, 1.54) is 25.7 Å². The fourth-order valence-electron chi connectivity index (χ4n) is 5.67. The highest BCUT2D eigenvalue weighted by molar-refractivity contribution is 5.43. The Balaban J connectivity index is 1.99. The van der Waals surface area contributed by atoms with Crippen LogP contribution in [0.4, 0.5) is 0 Å². The summed E-state index contributed by atoms with van der Waals surface area (Å²) in [7, 11) is 2.13. The molecule has 5 unspecified atom stereocenters. The molecule has 0 radical (unpaired) electrons. The Hall–Kier alpha value is -0.600. The highest BCUT2D eigenvalue weighted by atomic mass is 15.7. The predicted molar refractivity (Wildman–Crippen MR) is 77.8 cm³/mol. The maximum absolute atomic E-state index is 4.87. The van der Waals surface area contributed by atoms with Gasteiger partial charge in [-0.05, 0) is 30.1 Å². The predicted octanol–water partition coefficient (Wildman–Crippen LogP) is 4.30. The van der Waals surface area contributed by atoms with Gasteiger partial charge in [-0.1, -0.05) is 52.7 Å². The van der Waals surface area contributed by atoms with Gasteiger partial charge < -0.3 is 0 Å². The van der Waals surface area contributed by atoms with Crippen LogP contribution in [0, 0.1) is 22.7 Å². The van der Waals surface area contributed by atoms with E-state index in [1.807, 2.05) is 0 Å². The Morgan fingerprint density at radius 1 is 1.32 bits per heavy atom. The topological polar surface area (TPSA) is 28.0 Å². The SMILES string of the molecule is CCCC(CC)C12N=NN(C)C1C21CC(C)C1(C)C. The molecule has 3 rings (SSSR count). The van der Waals surface area contributed by atoms with Gasteiger partial charge in [0.25, 0.3) is 0 Å². The van der Waals surface area contributed by atoms with Gasteiger partial charge in [-0.25, -0.2) is 0 Å². The smallest absolute Gasteiger partial charge is 0.117 e. The summed E-state index contributed by atoms with van der Waals surface area (Å²) in [6.07, 6.45) is 5.14. The van der Waals surface area contributed by atoms with Gasteiger partial charge in [0.05, 0.1) is 6.04 Å². The van der Waals surface area contributed by atoms with Crippen molar-refractivity contribution in [2.24, 2.45) is 33.0 Å². The monoisotopic (exact) mass is 263 g/mol. The third kappa shape index (κ3) is 1.17. The van der Waals surface area contributed by atoms with Gasteiger partial charge >= 0.3 is 0 Å². The molecule has 0 saturated heterocycles. The number of hydrogen-bond donors (Lipinski definition) is 0. The molecule has 108 valence electrons. The van der Waals surface area contributed by atoms with Crippen LogP contribution in [0.3, 0.4) is 0 Å². The molecule has 3 heteroatoms. The minimum Gasteiger partial charge on any atom is -0.276 e. The van der Waals surface area contributed by atoms with E-state index in [9.17, 15) is 0 Å². The molecule has 0 aromatic heterocycles. The second-order valence-electron chi connectivity index (χ2n) is 7.68. The van der Waals surface area contributed by atoms with Gasteiger partial charge in [-0.3, -0.25) is 5.01 Å². The van der Waals surface area contributed by atoms with Crippen LogP contribution in [0.15, 0.2) is 10.3 Å². The van der Waals surface area contributed by atoms with Crippen molar-refractivity contribution in [1.29, 1.82) is 0 Å². The molecular weight excluding hydrogens is 234 g/mol. The Bertz CT molecular complexity index is 416. The van der Waals surface area contributed by atoms with Crippen LogP contribution in [-0.4, -0.2) is 23.6 Å². The first-order valence-corrected chi connectivity index (χ1v) is 8.05. The van der Waals surface area contributed by atoms with Crippen LogP contribution in [0.5, 0.6) is 0 Å². The third-order valence-corrected chi connectivity index (χ3v) is 7.00. The molecule has 3 aliphatic rings. The zero-order valence-corrected chi connectivity index (χ0v) is 13.4.